The topological polar surface area (TPSA) is 113 Å². The average molecular weight is 368 g/mol. The minimum atomic E-state index is -3.70. The number of nitrogens with zero attached hydrogens (tertiary/aromatic N) is 1. The molecule has 1 aromatic rings. The molecule has 0 aliphatic carbocycles. The van der Waals surface area contributed by atoms with Gasteiger partial charge in [0.05, 0.1) is 10.8 Å². The molecule has 136 valence electrons. The van der Waals surface area contributed by atoms with Gasteiger partial charge in [0, 0.05) is 32.5 Å². The number of amides is 1. The van der Waals surface area contributed by atoms with Crippen molar-refractivity contribution < 1.29 is 27.9 Å². The van der Waals surface area contributed by atoms with Crippen molar-refractivity contribution in [1.82, 2.24) is 9.62 Å². The maximum absolute atomic E-state index is 12.4. The molecular formula is C16H20N2O6S. The second kappa shape index (κ2) is 6.64. The normalized spacial score (nSPS) is 22.8. The Morgan fingerprint density at radius 2 is 2.16 bits per heavy atom. The first-order valence-corrected chi connectivity index (χ1v) is 9.54. The highest BCUT2D eigenvalue weighted by Gasteiger charge is 2.34. The average Bonchev–Trinajstić information content (AvgIpc) is 3.08. The number of likely N-dealkylation sites (tertiary alicyclic amines) is 1. The summed E-state index contributed by atoms with van der Waals surface area (Å²) in [6, 6.07) is 4.73. The van der Waals surface area contributed by atoms with Gasteiger partial charge in [0.1, 0.15) is 11.9 Å². The lowest BCUT2D eigenvalue weighted by Crippen LogP contribution is -2.36. The highest BCUT2D eigenvalue weighted by molar-refractivity contribution is 7.89. The van der Waals surface area contributed by atoms with Crippen molar-refractivity contribution in [3.63, 3.8) is 0 Å². The van der Waals surface area contributed by atoms with Crippen LogP contribution in [-0.4, -0.2) is 56.0 Å². The molecule has 0 aromatic heterocycles. The summed E-state index contributed by atoms with van der Waals surface area (Å²) in [6.45, 7) is 2.21. The van der Waals surface area contributed by atoms with E-state index in [0.29, 0.717) is 12.2 Å². The van der Waals surface area contributed by atoms with Crippen LogP contribution in [0.25, 0.3) is 0 Å². The predicted molar refractivity (Wildman–Crippen MR) is 87.7 cm³/mol. The van der Waals surface area contributed by atoms with Gasteiger partial charge in [-0.3, -0.25) is 9.59 Å². The lowest BCUT2D eigenvalue weighted by molar-refractivity contribution is -0.141. The first-order chi connectivity index (χ1) is 11.8. The van der Waals surface area contributed by atoms with Crippen LogP contribution in [0.2, 0.25) is 0 Å². The number of aliphatic carboxylic acids is 1. The number of sulfonamides is 1. The summed E-state index contributed by atoms with van der Waals surface area (Å²) < 4.78 is 32.8. The van der Waals surface area contributed by atoms with Gasteiger partial charge in [-0.2, -0.15) is 0 Å². The van der Waals surface area contributed by atoms with Crippen LogP contribution in [-0.2, 0) is 26.0 Å². The molecule has 0 spiro atoms. The standard InChI is InChI=1S/C16H20N2O6S/c1-10-6-11-7-13(2-3-14(11)24-10)25(22,23)17-4-5-18-9-12(16(20)21)8-15(18)19/h2-3,7,10,12,17H,4-6,8-9H2,1H3,(H,20,21). The van der Waals surface area contributed by atoms with E-state index in [1.807, 2.05) is 6.92 Å². The fourth-order valence-electron chi connectivity index (χ4n) is 3.12. The molecule has 2 heterocycles. The Kier molecular flexibility index (Phi) is 4.70. The Morgan fingerprint density at radius 3 is 2.84 bits per heavy atom. The quantitative estimate of drug-likeness (QED) is 0.743. The van der Waals surface area contributed by atoms with Crippen LogP contribution < -0.4 is 9.46 Å². The summed E-state index contributed by atoms with van der Waals surface area (Å²) in [6.07, 6.45) is 0.659. The first-order valence-electron chi connectivity index (χ1n) is 8.06. The van der Waals surface area contributed by atoms with E-state index in [0.717, 1.165) is 5.56 Å². The first kappa shape index (κ1) is 17.7. The number of rotatable bonds is 6. The third-order valence-electron chi connectivity index (χ3n) is 4.42. The van der Waals surface area contributed by atoms with Gasteiger partial charge in [-0.15, -0.1) is 0 Å². The van der Waals surface area contributed by atoms with Crippen LogP contribution in [0.15, 0.2) is 23.1 Å². The molecule has 2 N–H and O–H groups in total. The van der Waals surface area contributed by atoms with E-state index in [1.54, 1.807) is 12.1 Å². The summed E-state index contributed by atoms with van der Waals surface area (Å²) in [5.41, 5.74) is 0.856. The van der Waals surface area contributed by atoms with Crippen LogP contribution in [0.3, 0.4) is 0 Å². The second-order valence-electron chi connectivity index (χ2n) is 6.38. The molecule has 3 rings (SSSR count). The third-order valence-corrected chi connectivity index (χ3v) is 5.87. The van der Waals surface area contributed by atoms with E-state index in [4.69, 9.17) is 9.84 Å². The van der Waals surface area contributed by atoms with Crippen LogP contribution in [0.5, 0.6) is 5.75 Å². The largest absolute Gasteiger partial charge is 0.490 e. The molecule has 9 heteroatoms. The van der Waals surface area contributed by atoms with E-state index in [1.165, 1.54) is 11.0 Å². The minimum Gasteiger partial charge on any atom is -0.490 e. The highest BCUT2D eigenvalue weighted by atomic mass is 32.2. The van der Waals surface area contributed by atoms with Crippen molar-refractivity contribution in [2.24, 2.45) is 5.92 Å². The van der Waals surface area contributed by atoms with Gasteiger partial charge >= 0.3 is 5.97 Å². The molecule has 1 amide bonds. The van der Waals surface area contributed by atoms with Gasteiger partial charge < -0.3 is 14.7 Å². The lowest BCUT2D eigenvalue weighted by atomic mass is 10.1. The number of carboxylic acids is 1. The number of nitrogens with one attached hydrogen (secondary N) is 1. The van der Waals surface area contributed by atoms with Gasteiger partial charge in [-0.25, -0.2) is 13.1 Å². The fourth-order valence-corrected chi connectivity index (χ4v) is 4.19. The van der Waals surface area contributed by atoms with E-state index in [9.17, 15) is 18.0 Å². The summed E-state index contributed by atoms with van der Waals surface area (Å²) in [5.74, 6) is -1.29. The number of carboxylic acid groups (broad SMARTS) is 1. The van der Waals surface area contributed by atoms with Crippen LogP contribution >= 0.6 is 0 Å². The second-order valence-corrected chi connectivity index (χ2v) is 8.15. The number of carbonyl (C=O) groups is 2. The lowest BCUT2D eigenvalue weighted by Gasteiger charge is -2.16. The fraction of sp³-hybridized carbons (Fsp3) is 0.500. The third kappa shape index (κ3) is 3.77. The molecule has 1 saturated heterocycles. The number of hydrogen-bond donors (Lipinski definition) is 2. The number of fused-ring (bicyclic) bond motifs is 1. The molecule has 0 bridgehead atoms. The van der Waals surface area contributed by atoms with Gasteiger partial charge in [0.2, 0.25) is 15.9 Å². The Morgan fingerprint density at radius 1 is 1.40 bits per heavy atom. The molecule has 0 saturated carbocycles. The molecule has 8 nitrogen and oxygen atoms in total. The zero-order valence-electron chi connectivity index (χ0n) is 13.8. The molecule has 2 unspecified atom stereocenters. The van der Waals surface area contributed by atoms with Crippen LogP contribution in [0.1, 0.15) is 18.9 Å². The number of ether oxygens (including phenoxy) is 1. The van der Waals surface area contributed by atoms with E-state index < -0.39 is 21.9 Å². The maximum atomic E-state index is 12.4. The summed E-state index contributed by atoms with van der Waals surface area (Å²) in [5, 5.41) is 8.95. The molecule has 1 fully saturated rings. The van der Waals surface area contributed by atoms with Crippen molar-refractivity contribution in [3.8, 4) is 5.75 Å². The van der Waals surface area contributed by atoms with Crippen LogP contribution in [0.4, 0.5) is 0 Å². The summed E-state index contributed by atoms with van der Waals surface area (Å²) in [4.78, 5) is 24.2. The minimum absolute atomic E-state index is 0.0317. The smallest absolute Gasteiger partial charge is 0.308 e. The highest BCUT2D eigenvalue weighted by Crippen LogP contribution is 2.30. The van der Waals surface area contributed by atoms with Crippen LogP contribution in [0, 0.1) is 5.92 Å². The van der Waals surface area contributed by atoms with Crippen molar-refractivity contribution >= 4 is 21.9 Å². The van der Waals surface area contributed by atoms with Crippen molar-refractivity contribution in [1.29, 1.82) is 0 Å². The molecule has 1 aromatic carbocycles. The zero-order chi connectivity index (χ0) is 18.2. The van der Waals surface area contributed by atoms with Crippen molar-refractivity contribution in [2.45, 2.75) is 30.8 Å². The number of benzene rings is 1. The molecule has 25 heavy (non-hydrogen) atoms. The molecule has 2 atom stereocenters. The Bertz CT molecular complexity index is 807. The molecule has 2 aliphatic heterocycles. The Balaban J connectivity index is 1.59. The monoisotopic (exact) mass is 368 g/mol. The van der Waals surface area contributed by atoms with Crippen molar-refractivity contribution in [3.05, 3.63) is 23.8 Å². The summed E-state index contributed by atoms with van der Waals surface area (Å²) >= 11 is 0. The van der Waals surface area contributed by atoms with Gasteiger partial charge in [-0.1, -0.05) is 0 Å². The van der Waals surface area contributed by atoms with E-state index in [2.05, 4.69) is 4.72 Å². The van der Waals surface area contributed by atoms with Gasteiger partial charge in [0.25, 0.3) is 0 Å². The Hall–Kier alpha value is -2.13. The predicted octanol–water partition coefficient (Wildman–Crippen LogP) is 0.221. The van der Waals surface area contributed by atoms with Crippen molar-refractivity contribution in [2.75, 3.05) is 19.6 Å². The van der Waals surface area contributed by atoms with E-state index >= 15 is 0 Å². The van der Waals surface area contributed by atoms with E-state index in [-0.39, 0.29) is 43.0 Å². The van der Waals surface area contributed by atoms with Gasteiger partial charge in [0.15, 0.2) is 0 Å². The number of hydrogen-bond acceptors (Lipinski definition) is 5. The molecule has 0 radical (unpaired) electrons. The molecular weight excluding hydrogens is 348 g/mol. The zero-order valence-corrected chi connectivity index (χ0v) is 14.6. The van der Waals surface area contributed by atoms with Gasteiger partial charge in [-0.05, 0) is 30.7 Å². The number of carbonyl (C=O) groups excluding carboxylic acids is 1. The SMILES string of the molecule is CC1Cc2cc(S(=O)(=O)NCCN3CC(C(=O)O)CC3=O)ccc2O1. The molecule has 2 aliphatic rings. The summed E-state index contributed by atoms with van der Waals surface area (Å²) in [7, 11) is -3.70. The Labute approximate surface area is 145 Å². The maximum Gasteiger partial charge on any atom is 0.308 e.